The normalized spacial score (nSPS) is 20.3. The van der Waals surface area contributed by atoms with E-state index in [4.69, 9.17) is 13.9 Å². The van der Waals surface area contributed by atoms with E-state index in [1.165, 1.54) is 11.1 Å². The van der Waals surface area contributed by atoms with Gasteiger partial charge in [0.15, 0.2) is 8.32 Å². The van der Waals surface area contributed by atoms with Crippen molar-refractivity contribution in [3.8, 4) is 23.3 Å². The molecule has 1 aromatic heterocycles. The molecule has 1 amide bonds. The number of carbonyl (C=O) groups excluding carboxylic acids is 1. The minimum absolute atomic E-state index is 0.0161. The number of methoxy groups -OCH3 is 2. The molecule has 9 nitrogen and oxygen atoms in total. The van der Waals surface area contributed by atoms with Crippen LogP contribution >= 0.6 is 0 Å². The average molecular weight is 762 g/mol. The lowest BCUT2D eigenvalue weighted by atomic mass is 9.78. The van der Waals surface area contributed by atoms with Crippen molar-refractivity contribution < 1.29 is 18.7 Å². The van der Waals surface area contributed by atoms with Crippen molar-refractivity contribution >= 4 is 19.9 Å². The number of aryl methyl sites for hydroxylation is 1. The van der Waals surface area contributed by atoms with Crippen LogP contribution < -0.4 is 14.4 Å². The molecule has 0 radical (unpaired) electrons. The molecule has 2 fully saturated rings. The number of carbonyl (C=O) groups is 1. The van der Waals surface area contributed by atoms with Crippen LogP contribution in [0.25, 0.3) is 0 Å². The van der Waals surface area contributed by atoms with E-state index >= 15 is 0 Å². The van der Waals surface area contributed by atoms with E-state index in [1.807, 2.05) is 42.5 Å². The summed E-state index contributed by atoms with van der Waals surface area (Å²) in [6.07, 6.45) is 8.22. The number of aromatic nitrogens is 4. The number of ether oxygens (including phenoxy) is 2. The number of hydrogen-bond donors (Lipinski definition) is 0. The van der Waals surface area contributed by atoms with Gasteiger partial charge in [0.05, 0.1) is 20.8 Å². The van der Waals surface area contributed by atoms with Gasteiger partial charge >= 0.3 is 0 Å². The molecule has 0 saturated heterocycles. The zero-order chi connectivity index (χ0) is 39.2. The summed E-state index contributed by atoms with van der Waals surface area (Å²) >= 11 is 0. The zero-order valence-electron chi connectivity index (χ0n) is 34.1. The molecule has 55 heavy (non-hydrogen) atoms. The van der Waals surface area contributed by atoms with Gasteiger partial charge in [-0.15, -0.1) is 5.10 Å². The zero-order valence-corrected chi connectivity index (χ0v) is 35.1. The van der Waals surface area contributed by atoms with E-state index in [0.29, 0.717) is 30.7 Å². The van der Waals surface area contributed by atoms with Crippen molar-refractivity contribution in [1.29, 1.82) is 0 Å². The van der Waals surface area contributed by atoms with Crippen LogP contribution in [0.2, 0.25) is 18.1 Å². The summed E-state index contributed by atoms with van der Waals surface area (Å²) in [4.78, 5) is 18.2. The van der Waals surface area contributed by atoms with Crippen LogP contribution in [0.3, 0.4) is 0 Å². The predicted molar refractivity (Wildman–Crippen MR) is 221 cm³/mol. The molecule has 4 aromatic rings. The van der Waals surface area contributed by atoms with Gasteiger partial charge in [-0.1, -0.05) is 62.1 Å². The van der Waals surface area contributed by atoms with E-state index < -0.39 is 8.32 Å². The number of benzene rings is 3. The highest BCUT2D eigenvalue weighted by Gasteiger charge is 2.41. The highest BCUT2D eigenvalue weighted by molar-refractivity contribution is 6.74. The molecule has 2 aliphatic carbocycles. The van der Waals surface area contributed by atoms with Gasteiger partial charge < -0.3 is 18.8 Å². The Morgan fingerprint density at radius 2 is 1.62 bits per heavy atom. The highest BCUT2D eigenvalue weighted by Crippen LogP contribution is 2.41. The van der Waals surface area contributed by atoms with Crippen molar-refractivity contribution in [2.45, 2.75) is 116 Å². The summed E-state index contributed by atoms with van der Waals surface area (Å²) in [5.74, 6) is 9.60. The third-order valence-corrected chi connectivity index (χ3v) is 16.7. The molecule has 6 rings (SSSR count). The first kappa shape index (κ1) is 40.2. The molecule has 0 atom stereocenters. The first-order valence-corrected chi connectivity index (χ1v) is 22.9. The molecule has 0 N–H and O–H groups in total. The van der Waals surface area contributed by atoms with E-state index in [-0.39, 0.29) is 23.0 Å². The van der Waals surface area contributed by atoms with Crippen molar-refractivity contribution in [1.82, 2.24) is 20.2 Å². The third kappa shape index (κ3) is 10.2. The molecular formula is C45H59N5O4Si. The van der Waals surface area contributed by atoms with E-state index in [9.17, 15) is 4.79 Å². The molecule has 0 spiro atoms. The molecule has 0 aliphatic heterocycles. The smallest absolute Gasteiger partial charge is 0.248 e. The maximum Gasteiger partial charge on any atom is 0.248 e. The lowest BCUT2D eigenvalue weighted by Crippen LogP contribution is -2.46. The Bertz CT molecular complexity index is 1960. The number of amides is 1. The summed E-state index contributed by atoms with van der Waals surface area (Å²) < 4.78 is 17.6. The Balaban J connectivity index is 1.16. The second kappa shape index (κ2) is 17.6. The van der Waals surface area contributed by atoms with Gasteiger partial charge in [-0.3, -0.25) is 4.79 Å². The summed E-state index contributed by atoms with van der Waals surface area (Å²) in [5.41, 5.74) is 5.33. The van der Waals surface area contributed by atoms with Gasteiger partial charge in [-0.2, -0.15) is 4.80 Å². The van der Waals surface area contributed by atoms with Crippen LogP contribution in [0.15, 0.2) is 66.7 Å². The van der Waals surface area contributed by atoms with Crippen molar-refractivity contribution in [3.63, 3.8) is 0 Å². The van der Waals surface area contributed by atoms with Gasteiger partial charge in [0.1, 0.15) is 11.5 Å². The molecule has 3 aromatic carbocycles. The SMILES string of the molecule is COc1ccc(Cn2nnc(C#Cc3cccc(N(C[C@H]4CC[C@H](c5ccc(OC)c(C)c5)CC4)C(=O)[C@H]4CC[C@H](O[Si](C)(C)C(C)(C)C)CC4)c3)n2)cc1. The number of hydrogen-bond acceptors (Lipinski definition) is 7. The summed E-state index contributed by atoms with van der Waals surface area (Å²) in [7, 11) is 1.50. The van der Waals surface area contributed by atoms with Crippen LogP contribution in [-0.4, -0.2) is 61.3 Å². The lowest BCUT2D eigenvalue weighted by Gasteiger charge is -2.41. The highest BCUT2D eigenvalue weighted by atomic mass is 28.4. The Labute approximate surface area is 329 Å². The van der Waals surface area contributed by atoms with Gasteiger partial charge in [-0.05, 0) is 152 Å². The number of nitrogens with zero attached hydrogens (tertiary/aromatic N) is 5. The third-order valence-electron chi connectivity index (χ3n) is 12.1. The van der Waals surface area contributed by atoms with Crippen LogP contribution in [0, 0.1) is 30.6 Å². The van der Waals surface area contributed by atoms with Crippen molar-refractivity contribution in [3.05, 3.63) is 94.8 Å². The topological polar surface area (TPSA) is 91.6 Å². The van der Waals surface area contributed by atoms with Crippen LogP contribution in [0.5, 0.6) is 11.5 Å². The fourth-order valence-electron chi connectivity index (χ4n) is 7.79. The molecule has 1 heterocycles. The Morgan fingerprint density at radius 1 is 0.891 bits per heavy atom. The monoisotopic (exact) mass is 761 g/mol. The summed E-state index contributed by atoms with van der Waals surface area (Å²) in [6, 6.07) is 22.5. The first-order valence-electron chi connectivity index (χ1n) is 20.0. The minimum atomic E-state index is -1.88. The van der Waals surface area contributed by atoms with Crippen LogP contribution in [0.1, 0.15) is 106 Å². The second-order valence-electron chi connectivity index (χ2n) is 17.0. The molecule has 10 heteroatoms. The molecule has 0 unspecified atom stereocenters. The largest absolute Gasteiger partial charge is 0.497 e. The quantitative estimate of drug-likeness (QED) is 0.111. The molecule has 0 bridgehead atoms. The fourth-order valence-corrected chi connectivity index (χ4v) is 9.21. The second-order valence-corrected chi connectivity index (χ2v) is 21.8. The van der Waals surface area contributed by atoms with Crippen molar-refractivity contribution in [2.75, 3.05) is 25.7 Å². The minimum Gasteiger partial charge on any atom is -0.497 e. The Hall–Kier alpha value is -4.46. The Morgan fingerprint density at radius 3 is 2.27 bits per heavy atom. The summed E-state index contributed by atoms with van der Waals surface area (Å²) in [5, 5.41) is 13.0. The van der Waals surface area contributed by atoms with Gasteiger partial charge in [0, 0.05) is 29.8 Å². The standard InChI is InChI=1S/C45H59N5O4Si/c1-32-28-38(21-26-42(32)53-6)36-17-12-34(13-18-36)30-49(44(51)37-19-24-41(25-20-37)54-55(7,8)45(2,3)4)39-11-9-10-33(29-39)16-27-43-46-48-50(47-43)31-35-14-22-40(52-5)23-15-35/h9-11,14-15,21-23,26,28-29,34,36-37,41H,12-13,17-20,24-25,30-31H2,1-8H3/t34-,36-,37-,41-. The fraction of sp³-hybridized carbons (Fsp3) is 0.511. The van der Waals surface area contributed by atoms with Gasteiger partial charge in [-0.25, -0.2) is 0 Å². The average Bonchev–Trinajstić information content (AvgIpc) is 3.63. The van der Waals surface area contributed by atoms with Crippen molar-refractivity contribution in [2.24, 2.45) is 11.8 Å². The first-order chi connectivity index (χ1) is 26.3. The molecular weight excluding hydrogens is 703 g/mol. The molecule has 2 saturated carbocycles. The molecule has 2 aliphatic rings. The maximum atomic E-state index is 14.6. The number of anilines is 1. The predicted octanol–water partition coefficient (Wildman–Crippen LogP) is 9.33. The van der Waals surface area contributed by atoms with Gasteiger partial charge in [0.2, 0.25) is 11.7 Å². The summed E-state index contributed by atoms with van der Waals surface area (Å²) in [6.45, 7) is 14.8. The van der Waals surface area contributed by atoms with Crippen LogP contribution in [0.4, 0.5) is 5.69 Å². The van der Waals surface area contributed by atoms with E-state index in [1.54, 1.807) is 19.0 Å². The van der Waals surface area contributed by atoms with E-state index in [0.717, 1.165) is 79.7 Å². The number of tetrazole rings is 1. The van der Waals surface area contributed by atoms with E-state index in [2.05, 4.69) is 97.2 Å². The molecule has 292 valence electrons. The lowest BCUT2D eigenvalue weighted by molar-refractivity contribution is -0.124. The number of rotatable bonds is 11. The van der Waals surface area contributed by atoms with Crippen LogP contribution in [-0.2, 0) is 15.8 Å². The Kier molecular flexibility index (Phi) is 12.8. The van der Waals surface area contributed by atoms with Gasteiger partial charge in [0.25, 0.3) is 0 Å². The maximum absolute atomic E-state index is 14.6.